The van der Waals surface area contributed by atoms with Crippen LogP contribution in [0.1, 0.15) is 6.42 Å². The highest BCUT2D eigenvalue weighted by atomic mass is 32.2. The predicted octanol–water partition coefficient (Wildman–Crippen LogP) is 0.397. The number of nitrogens with one attached hydrogen (secondary N) is 3. The molecule has 7 nitrogen and oxygen atoms in total. The smallest absolute Gasteiger partial charge is 0.186 e. The Hall–Kier alpha value is -1.19. The van der Waals surface area contributed by atoms with Gasteiger partial charge in [0.25, 0.3) is 0 Å². The maximum Gasteiger partial charge on any atom is 0.186 e. The van der Waals surface area contributed by atoms with Crippen molar-refractivity contribution in [1.29, 1.82) is 0 Å². The molecule has 1 unspecified atom stereocenters. The number of ether oxygens (including phenoxy) is 1. The molecule has 1 fully saturated rings. The summed E-state index contributed by atoms with van der Waals surface area (Å²) in [6, 6.07) is 0. The van der Waals surface area contributed by atoms with Gasteiger partial charge in [0.15, 0.2) is 10.3 Å². The van der Waals surface area contributed by atoms with Gasteiger partial charge in [0, 0.05) is 26.6 Å². The summed E-state index contributed by atoms with van der Waals surface area (Å²) in [5, 5.41) is 12.4. The Labute approximate surface area is 128 Å². The van der Waals surface area contributed by atoms with E-state index >= 15 is 0 Å². The third-order valence-corrected chi connectivity index (χ3v) is 3.57. The fourth-order valence-electron chi connectivity index (χ4n) is 1.51. The van der Waals surface area contributed by atoms with E-state index in [0.29, 0.717) is 11.7 Å². The Balaban J connectivity index is 2.67. The minimum Gasteiger partial charge on any atom is -0.381 e. The summed E-state index contributed by atoms with van der Waals surface area (Å²) >= 11 is 6.49. The van der Waals surface area contributed by atoms with Crippen molar-refractivity contribution in [2.45, 2.75) is 6.42 Å². The molecule has 3 N–H and O–H groups in total. The van der Waals surface area contributed by atoms with E-state index in [1.165, 1.54) is 11.8 Å². The second-order valence-electron chi connectivity index (χ2n) is 3.89. The van der Waals surface area contributed by atoms with Crippen LogP contribution in [0.2, 0.25) is 0 Å². The van der Waals surface area contributed by atoms with E-state index in [2.05, 4.69) is 31.4 Å². The first-order chi connectivity index (χ1) is 9.71. The summed E-state index contributed by atoms with van der Waals surface area (Å²) in [5.41, 5.74) is 6.43. The topological polar surface area (TPSA) is 82.4 Å². The Morgan fingerprint density at radius 1 is 1.45 bits per heavy atom. The Bertz CT molecular complexity index is 404. The van der Waals surface area contributed by atoms with Crippen LogP contribution in [0.4, 0.5) is 0 Å². The van der Waals surface area contributed by atoms with Crippen LogP contribution in [0.15, 0.2) is 15.2 Å². The molecule has 0 spiro atoms. The van der Waals surface area contributed by atoms with Gasteiger partial charge in [0.1, 0.15) is 0 Å². The summed E-state index contributed by atoms with van der Waals surface area (Å²) in [6.45, 7) is 1.39. The zero-order chi connectivity index (χ0) is 14.8. The summed E-state index contributed by atoms with van der Waals surface area (Å²) < 4.78 is 5.37. The van der Waals surface area contributed by atoms with Crippen LogP contribution >= 0.6 is 24.0 Å². The van der Waals surface area contributed by atoms with Gasteiger partial charge < -0.3 is 10.1 Å². The quantitative estimate of drug-likeness (QED) is 0.301. The molecule has 1 saturated heterocycles. The van der Waals surface area contributed by atoms with Gasteiger partial charge in [0.05, 0.1) is 18.5 Å². The minimum atomic E-state index is 0.226. The molecule has 0 amide bonds. The molecule has 9 heteroatoms. The molecule has 1 heterocycles. The van der Waals surface area contributed by atoms with Crippen LogP contribution in [0.3, 0.4) is 0 Å². The van der Waals surface area contributed by atoms with Crippen molar-refractivity contribution >= 4 is 46.2 Å². The van der Waals surface area contributed by atoms with Gasteiger partial charge in [-0.3, -0.25) is 15.8 Å². The third-order valence-electron chi connectivity index (χ3n) is 2.62. The third kappa shape index (κ3) is 5.85. The van der Waals surface area contributed by atoms with Crippen LogP contribution < -0.4 is 16.2 Å². The highest BCUT2D eigenvalue weighted by Crippen LogP contribution is 2.13. The van der Waals surface area contributed by atoms with E-state index in [-0.39, 0.29) is 5.92 Å². The Morgan fingerprint density at radius 3 is 2.80 bits per heavy atom. The van der Waals surface area contributed by atoms with E-state index in [1.807, 2.05) is 6.26 Å². The van der Waals surface area contributed by atoms with Crippen molar-refractivity contribution in [2.24, 2.45) is 21.1 Å². The summed E-state index contributed by atoms with van der Waals surface area (Å²) in [6.07, 6.45) is 4.53. The van der Waals surface area contributed by atoms with Crippen LogP contribution in [-0.4, -0.2) is 55.8 Å². The fourth-order valence-corrected chi connectivity index (χ4v) is 1.88. The minimum absolute atomic E-state index is 0.226. The molecule has 1 atom stereocenters. The van der Waals surface area contributed by atoms with Crippen molar-refractivity contribution in [1.82, 2.24) is 16.2 Å². The molecule has 0 saturated carbocycles. The van der Waals surface area contributed by atoms with Gasteiger partial charge in [-0.1, -0.05) is 11.8 Å². The van der Waals surface area contributed by atoms with Crippen molar-refractivity contribution < 1.29 is 4.74 Å². The van der Waals surface area contributed by atoms with Crippen LogP contribution in [-0.2, 0) is 4.74 Å². The van der Waals surface area contributed by atoms with Crippen molar-refractivity contribution in [2.75, 3.05) is 33.6 Å². The van der Waals surface area contributed by atoms with Crippen molar-refractivity contribution in [3.8, 4) is 0 Å². The molecule has 0 aromatic carbocycles. The molecule has 0 aromatic rings. The van der Waals surface area contributed by atoms with Gasteiger partial charge in [-0.2, -0.15) is 10.2 Å². The first kappa shape index (κ1) is 16.9. The number of hydrogen-bond donors (Lipinski definition) is 3. The molecule has 1 aliphatic rings. The van der Waals surface area contributed by atoms with E-state index in [4.69, 9.17) is 17.0 Å². The number of rotatable bonds is 4. The maximum atomic E-state index is 5.37. The Kier molecular flexibility index (Phi) is 8.16. The average Bonchev–Trinajstić information content (AvgIpc) is 3.00. The summed E-state index contributed by atoms with van der Waals surface area (Å²) in [4.78, 5) is 4.03. The first-order valence-electron chi connectivity index (χ1n) is 6.14. The molecular weight excluding hydrogens is 296 g/mol. The zero-order valence-electron chi connectivity index (χ0n) is 11.8. The van der Waals surface area contributed by atoms with Crippen molar-refractivity contribution in [3.05, 3.63) is 0 Å². The number of hydrazone groups is 2. The standard InChI is InChI=1S/C11H20N6OS2/c1-12-10(19)16-15-9(8-4-5-18-7-8)6-14-17-11(13-2)20-3/h6,8H,4-5,7H2,1-3H3,(H,13,17)(H2,12,16,19)/b14-6+,15-9-. The van der Waals surface area contributed by atoms with Gasteiger partial charge >= 0.3 is 0 Å². The molecule has 112 valence electrons. The number of thiocarbonyl (C=S) groups is 1. The second-order valence-corrected chi connectivity index (χ2v) is 5.09. The molecular formula is C11H20N6OS2. The normalized spacial score (nSPS) is 20.2. The number of nitrogens with zero attached hydrogens (tertiary/aromatic N) is 3. The lowest BCUT2D eigenvalue weighted by Gasteiger charge is -2.09. The molecule has 0 aromatic heterocycles. The predicted molar refractivity (Wildman–Crippen MR) is 89.7 cm³/mol. The number of amidine groups is 1. The second kappa shape index (κ2) is 9.67. The molecule has 0 aliphatic carbocycles. The summed E-state index contributed by atoms with van der Waals surface area (Å²) in [7, 11) is 3.45. The van der Waals surface area contributed by atoms with Gasteiger partial charge in [-0.05, 0) is 24.9 Å². The number of aliphatic imine (C=N–C) groups is 1. The summed E-state index contributed by atoms with van der Waals surface area (Å²) in [5.74, 6) is 0.226. The zero-order valence-corrected chi connectivity index (χ0v) is 13.5. The van der Waals surface area contributed by atoms with Gasteiger partial charge in [0.2, 0.25) is 0 Å². The lowest BCUT2D eigenvalue weighted by molar-refractivity contribution is 0.193. The fraction of sp³-hybridized carbons (Fsp3) is 0.636. The SMILES string of the molecule is CN=C(N/N=C/C(=N/NC(=S)NC)C1CCOC1)SC. The van der Waals surface area contributed by atoms with Crippen LogP contribution in [0.25, 0.3) is 0 Å². The van der Waals surface area contributed by atoms with Gasteiger partial charge in [-0.25, -0.2) is 0 Å². The molecule has 0 radical (unpaired) electrons. The van der Waals surface area contributed by atoms with Crippen LogP contribution in [0, 0.1) is 5.92 Å². The average molecular weight is 316 g/mol. The van der Waals surface area contributed by atoms with Crippen LogP contribution in [0.5, 0.6) is 0 Å². The number of thioether (sulfide) groups is 1. The molecule has 0 bridgehead atoms. The van der Waals surface area contributed by atoms with E-state index in [9.17, 15) is 0 Å². The number of hydrogen-bond acceptors (Lipinski definition) is 6. The van der Waals surface area contributed by atoms with E-state index in [1.54, 1.807) is 20.3 Å². The monoisotopic (exact) mass is 316 g/mol. The van der Waals surface area contributed by atoms with E-state index in [0.717, 1.165) is 23.9 Å². The molecule has 1 rings (SSSR count). The largest absolute Gasteiger partial charge is 0.381 e. The lowest BCUT2D eigenvalue weighted by Crippen LogP contribution is -2.31. The van der Waals surface area contributed by atoms with Crippen molar-refractivity contribution in [3.63, 3.8) is 0 Å². The lowest BCUT2D eigenvalue weighted by atomic mass is 10.0. The Morgan fingerprint density at radius 2 is 2.25 bits per heavy atom. The highest BCUT2D eigenvalue weighted by Gasteiger charge is 2.20. The van der Waals surface area contributed by atoms with E-state index < -0.39 is 0 Å². The molecule has 1 aliphatic heterocycles. The molecule has 20 heavy (non-hydrogen) atoms. The maximum absolute atomic E-state index is 5.37. The first-order valence-corrected chi connectivity index (χ1v) is 7.77. The van der Waals surface area contributed by atoms with Gasteiger partial charge in [-0.15, -0.1) is 0 Å². The highest BCUT2D eigenvalue weighted by molar-refractivity contribution is 8.13.